The monoisotopic (exact) mass is 182 g/mol. The Balaban J connectivity index is 3.48. The number of carbonyl (C=O) groups is 1. The van der Waals surface area contributed by atoms with E-state index in [0.717, 1.165) is 19.4 Å². The highest BCUT2D eigenvalue weighted by Crippen LogP contribution is 1.90. The largest absolute Gasteiger partial charge is 0.344 e. The molecule has 0 aromatic carbocycles. The average Bonchev–Trinajstić information content (AvgIpc) is 2.11. The van der Waals surface area contributed by atoms with Crippen LogP contribution in [0.2, 0.25) is 0 Å². The van der Waals surface area contributed by atoms with Crippen molar-refractivity contribution in [3.05, 3.63) is 0 Å². The molecule has 0 fully saturated rings. The minimum atomic E-state index is -0.00319. The Morgan fingerprint density at radius 2 is 2.31 bits per heavy atom. The molecule has 0 unspecified atom stereocenters. The number of nitrogens with one attached hydrogen (secondary N) is 1. The van der Waals surface area contributed by atoms with Crippen molar-refractivity contribution in [2.24, 2.45) is 0 Å². The van der Waals surface area contributed by atoms with Crippen molar-refractivity contribution in [2.75, 3.05) is 26.7 Å². The van der Waals surface area contributed by atoms with Crippen molar-refractivity contribution in [1.29, 1.82) is 0 Å². The van der Waals surface area contributed by atoms with Crippen LogP contribution >= 0.6 is 0 Å². The van der Waals surface area contributed by atoms with E-state index in [1.54, 1.807) is 0 Å². The predicted octanol–water partition coefficient (Wildman–Crippen LogP) is 0.468. The van der Waals surface area contributed by atoms with Gasteiger partial charge < -0.3 is 5.32 Å². The summed E-state index contributed by atoms with van der Waals surface area (Å²) in [6.07, 6.45) is 7.28. The zero-order chi connectivity index (χ0) is 10.1. The lowest BCUT2D eigenvalue weighted by atomic mass is 10.3. The Morgan fingerprint density at radius 1 is 1.62 bits per heavy atom. The first-order chi connectivity index (χ1) is 6.20. The van der Waals surface area contributed by atoms with Gasteiger partial charge in [0.1, 0.15) is 0 Å². The molecule has 1 amide bonds. The number of hydrogen-bond acceptors (Lipinski definition) is 2. The summed E-state index contributed by atoms with van der Waals surface area (Å²) < 4.78 is 0. The van der Waals surface area contributed by atoms with Crippen LogP contribution in [0, 0.1) is 12.3 Å². The lowest BCUT2D eigenvalue weighted by molar-refractivity contribution is -0.121. The molecule has 3 nitrogen and oxygen atoms in total. The Hall–Kier alpha value is -1.01. The fourth-order valence-corrected chi connectivity index (χ4v) is 0.958. The van der Waals surface area contributed by atoms with E-state index < -0.39 is 0 Å². The van der Waals surface area contributed by atoms with Crippen molar-refractivity contribution < 1.29 is 4.79 Å². The second kappa shape index (κ2) is 7.63. The summed E-state index contributed by atoms with van der Waals surface area (Å²) in [5, 5.41) is 2.62. The van der Waals surface area contributed by atoms with Gasteiger partial charge >= 0.3 is 0 Å². The van der Waals surface area contributed by atoms with Gasteiger partial charge in [0.15, 0.2) is 0 Å². The molecule has 0 aliphatic carbocycles. The summed E-state index contributed by atoms with van der Waals surface area (Å²) in [5.74, 6) is 2.36. The van der Waals surface area contributed by atoms with Crippen molar-refractivity contribution in [3.63, 3.8) is 0 Å². The zero-order valence-electron chi connectivity index (χ0n) is 8.47. The van der Waals surface area contributed by atoms with Crippen LogP contribution in [-0.4, -0.2) is 37.5 Å². The lowest BCUT2D eigenvalue weighted by Crippen LogP contribution is -2.35. The van der Waals surface area contributed by atoms with Gasteiger partial charge in [0.2, 0.25) is 5.91 Å². The molecule has 13 heavy (non-hydrogen) atoms. The molecule has 0 aromatic rings. The minimum absolute atomic E-state index is 0.00319. The molecule has 74 valence electrons. The van der Waals surface area contributed by atoms with Crippen LogP contribution in [0.1, 0.15) is 19.8 Å². The highest BCUT2D eigenvalue weighted by molar-refractivity contribution is 5.78. The first-order valence-electron chi connectivity index (χ1n) is 4.59. The van der Waals surface area contributed by atoms with E-state index >= 15 is 0 Å². The van der Waals surface area contributed by atoms with Crippen LogP contribution in [0.5, 0.6) is 0 Å². The Labute approximate surface area is 80.5 Å². The number of hydrogen-bond donors (Lipinski definition) is 1. The molecule has 3 heteroatoms. The minimum Gasteiger partial charge on any atom is -0.344 e. The number of amides is 1. The number of unbranched alkanes of at least 4 members (excludes halogenated alkanes) is 1. The van der Waals surface area contributed by atoms with Gasteiger partial charge in [-0.3, -0.25) is 9.69 Å². The van der Waals surface area contributed by atoms with Crippen molar-refractivity contribution in [2.45, 2.75) is 19.8 Å². The van der Waals surface area contributed by atoms with Crippen LogP contribution < -0.4 is 5.32 Å². The van der Waals surface area contributed by atoms with Crippen molar-refractivity contribution >= 4 is 5.91 Å². The number of terminal acetylenes is 1. The molecule has 0 bridgehead atoms. The third-order valence-corrected chi connectivity index (χ3v) is 1.69. The summed E-state index contributed by atoms with van der Waals surface area (Å²) >= 11 is 0. The van der Waals surface area contributed by atoms with Crippen molar-refractivity contribution in [3.8, 4) is 12.3 Å². The molecule has 0 radical (unpaired) electrons. The molecule has 0 atom stereocenters. The second-order valence-corrected chi connectivity index (χ2v) is 3.07. The molecule has 0 spiro atoms. The number of likely N-dealkylation sites (N-methyl/N-ethyl adjacent to an activating group) is 1. The summed E-state index contributed by atoms with van der Waals surface area (Å²) in [4.78, 5) is 13.1. The molecule has 0 saturated heterocycles. The second-order valence-electron chi connectivity index (χ2n) is 3.07. The number of rotatable bonds is 6. The van der Waals surface area contributed by atoms with Gasteiger partial charge in [0.05, 0.1) is 13.1 Å². The summed E-state index contributed by atoms with van der Waals surface area (Å²) in [6, 6.07) is 0. The van der Waals surface area contributed by atoms with Crippen LogP contribution in [-0.2, 0) is 4.79 Å². The molecule has 0 aliphatic rings. The highest BCUT2D eigenvalue weighted by Gasteiger charge is 2.03. The van der Waals surface area contributed by atoms with Gasteiger partial charge in [-0.15, -0.1) is 6.42 Å². The maximum atomic E-state index is 11.1. The van der Waals surface area contributed by atoms with Gasteiger partial charge in [-0.2, -0.15) is 0 Å². The van der Waals surface area contributed by atoms with Gasteiger partial charge in [0, 0.05) is 0 Å². The summed E-state index contributed by atoms with van der Waals surface area (Å²) in [6.45, 7) is 3.84. The van der Waals surface area contributed by atoms with E-state index in [4.69, 9.17) is 6.42 Å². The standard InChI is InChI=1S/C10H18N2O/c1-4-6-8-12(3)9-10(13)11-7-5-2/h2H,4,6-9H2,1,3H3,(H,11,13). The van der Waals surface area contributed by atoms with Crippen LogP contribution in [0.15, 0.2) is 0 Å². The third kappa shape index (κ3) is 7.35. The van der Waals surface area contributed by atoms with E-state index in [0.29, 0.717) is 13.1 Å². The van der Waals surface area contributed by atoms with E-state index in [2.05, 4.69) is 18.2 Å². The fourth-order valence-electron chi connectivity index (χ4n) is 0.958. The van der Waals surface area contributed by atoms with E-state index in [9.17, 15) is 4.79 Å². The van der Waals surface area contributed by atoms with Crippen molar-refractivity contribution in [1.82, 2.24) is 10.2 Å². The molecular weight excluding hydrogens is 164 g/mol. The number of carbonyl (C=O) groups excluding carboxylic acids is 1. The molecule has 0 saturated carbocycles. The van der Waals surface area contributed by atoms with E-state index in [1.807, 2.05) is 11.9 Å². The normalized spacial score (nSPS) is 9.69. The van der Waals surface area contributed by atoms with E-state index in [-0.39, 0.29) is 5.91 Å². The Bertz CT molecular complexity index is 184. The summed E-state index contributed by atoms with van der Waals surface area (Å²) in [5.41, 5.74) is 0. The smallest absolute Gasteiger partial charge is 0.234 e. The molecule has 0 rings (SSSR count). The molecule has 0 aliphatic heterocycles. The van der Waals surface area contributed by atoms with Gasteiger partial charge in [-0.1, -0.05) is 19.3 Å². The lowest BCUT2D eigenvalue weighted by Gasteiger charge is -2.14. The fraction of sp³-hybridized carbons (Fsp3) is 0.700. The molecule has 0 heterocycles. The van der Waals surface area contributed by atoms with E-state index in [1.165, 1.54) is 0 Å². The van der Waals surface area contributed by atoms with Gasteiger partial charge in [-0.25, -0.2) is 0 Å². The zero-order valence-corrected chi connectivity index (χ0v) is 8.47. The Morgan fingerprint density at radius 3 is 2.85 bits per heavy atom. The number of nitrogens with zero attached hydrogens (tertiary/aromatic N) is 1. The quantitative estimate of drug-likeness (QED) is 0.606. The highest BCUT2D eigenvalue weighted by atomic mass is 16.1. The van der Waals surface area contributed by atoms with Crippen LogP contribution in [0.3, 0.4) is 0 Å². The van der Waals surface area contributed by atoms with Crippen LogP contribution in [0.4, 0.5) is 0 Å². The molecule has 1 N–H and O–H groups in total. The topological polar surface area (TPSA) is 32.3 Å². The van der Waals surface area contributed by atoms with Gasteiger partial charge in [0.25, 0.3) is 0 Å². The maximum Gasteiger partial charge on any atom is 0.234 e. The molecular formula is C10H18N2O. The Kier molecular flexibility index (Phi) is 7.04. The first kappa shape index (κ1) is 12.0. The molecule has 0 aromatic heterocycles. The van der Waals surface area contributed by atoms with Gasteiger partial charge in [-0.05, 0) is 20.0 Å². The first-order valence-corrected chi connectivity index (χ1v) is 4.59. The maximum absolute atomic E-state index is 11.1. The third-order valence-electron chi connectivity index (χ3n) is 1.69. The predicted molar refractivity (Wildman–Crippen MR) is 54.2 cm³/mol. The SMILES string of the molecule is C#CCNC(=O)CN(C)CCCC. The summed E-state index contributed by atoms with van der Waals surface area (Å²) in [7, 11) is 1.94. The van der Waals surface area contributed by atoms with Crippen LogP contribution in [0.25, 0.3) is 0 Å². The average molecular weight is 182 g/mol.